The molecule has 0 spiro atoms. The molecule has 3 aromatic rings. The van der Waals surface area contributed by atoms with E-state index in [-0.39, 0.29) is 27.3 Å². The van der Waals surface area contributed by atoms with Crippen molar-refractivity contribution >= 4 is 45.9 Å². The van der Waals surface area contributed by atoms with Gasteiger partial charge in [-0.25, -0.2) is 4.79 Å². The molecule has 2 amide bonds. The van der Waals surface area contributed by atoms with Crippen molar-refractivity contribution in [2.45, 2.75) is 38.6 Å². The molecule has 3 aromatic heterocycles. The third-order valence-corrected chi connectivity index (χ3v) is 6.61. The number of hydrogen-bond donors (Lipinski definition) is 2. The molecule has 0 bridgehead atoms. The minimum absolute atomic E-state index is 0.0149. The van der Waals surface area contributed by atoms with E-state index in [1.807, 2.05) is 12.1 Å². The number of carbonyl (C=O) groups excluding carboxylic acids is 3. The fourth-order valence-corrected chi connectivity index (χ4v) is 4.83. The number of allylic oxidation sites excluding steroid dienone is 1. The number of amides is 2. The highest BCUT2D eigenvalue weighted by atomic mass is 32.2. The van der Waals surface area contributed by atoms with Gasteiger partial charge in [-0.2, -0.15) is 0 Å². The van der Waals surface area contributed by atoms with Crippen LogP contribution in [0.3, 0.4) is 0 Å². The lowest BCUT2D eigenvalue weighted by molar-refractivity contribution is -0.113. The van der Waals surface area contributed by atoms with Crippen LogP contribution >= 0.6 is 23.1 Å². The molecule has 0 aliphatic carbocycles. The first kappa shape index (κ1) is 25.1. The van der Waals surface area contributed by atoms with Crippen LogP contribution in [0.1, 0.15) is 39.4 Å². The number of hydrogen-bond acceptors (Lipinski definition) is 9. The summed E-state index contributed by atoms with van der Waals surface area (Å²) in [7, 11) is 0. The van der Waals surface area contributed by atoms with Crippen LogP contribution < -0.4 is 11.1 Å². The number of thioether (sulfide) groups is 1. The maximum absolute atomic E-state index is 12.7. The van der Waals surface area contributed by atoms with Gasteiger partial charge < -0.3 is 15.8 Å². The number of rotatable bonds is 10. The molecule has 0 saturated heterocycles. The first-order chi connectivity index (χ1) is 16.2. The van der Waals surface area contributed by atoms with Gasteiger partial charge in [0, 0.05) is 12.7 Å². The zero-order chi connectivity index (χ0) is 24.8. The highest BCUT2D eigenvalue weighted by molar-refractivity contribution is 7.99. The number of nitrogens with two attached hydrogens (primary N) is 1. The van der Waals surface area contributed by atoms with E-state index in [1.54, 1.807) is 43.7 Å². The summed E-state index contributed by atoms with van der Waals surface area (Å²) < 4.78 is 7.08. The zero-order valence-corrected chi connectivity index (χ0v) is 20.5. The molecule has 0 aliphatic heterocycles. The van der Waals surface area contributed by atoms with E-state index in [0.717, 1.165) is 11.3 Å². The molecule has 12 heteroatoms. The Morgan fingerprint density at radius 2 is 2.09 bits per heavy atom. The van der Waals surface area contributed by atoms with Crippen LogP contribution in [-0.2, 0) is 16.1 Å². The van der Waals surface area contributed by atoms with Crippen LogP contribution in [0.25, 0.3) is 11.5 Å². The number of thiophene rings is 1. The summed E-state index contributed by atoms with van der Waals surface area (Å²) in [6.07, 6.45) is 2.99. The fraction of sp³-hybridized carbons (Fsp3) is 0.273. The van der Waals surface area contributed by atoms with Gasteiger partial charge in [0.25, 0.3) is 5.91 Å². The topological polar surface area (TPSA) is 142 Å². The summed E-state index contributed by atoms with van der Waals surface area (Å²) in [5, 5.41) is 11.8. The quantitative estimate of drug-likeness (QED) is 0.245. The van der Waals surface area contributed by atoms with Gasteiger partial charge in [0.1, 0.15) is 10.7 Å². The number of anilines is 1. The van der Waals surface area contributed by atoms with Crippen molar-refractivity contribution in [3.63, 3.8) is 0 Å². The minimum Gasteiger partial charge on any atom is -0.459 e. The van der Waals surface area contributed by atoms with Crippen LogP contribution in [-0.4, -0.2) is 49.4 Å². The number of primary amides is 1. The maximum Gasteiger partial charge on any atom is 0.341 e. The molecular formula is C22H24N6O4S2. The Morgan fingerprint density at radius 1 is 1.32 bits per heavy atom. The minimum atomic E-state index is -0.685. The van der Waals surface area contributed by atoms with E-state index in [1.165, 1.54) is 11.8 Å². The van der Waals surface area contributed by atoms with E-state index in [0.29, 0.717) is 28.8 Å². The van der Waals surface area contributed by atoms with Gasteiger partial charge >= 0.3 is 5.97 Å². The van der Waals surface area contributed by atoms with Crippen LogP contribution in [0, 0.1) is 6.92 Å². The standard InChI is InChI=1S/C22H24N6O4S2/c1-5-10-28-19(14-8-6-7-9-24-14)26-27-22(28)33-11-15(29)25-20-16(21(31)32-12(2)3)13(4)17(34-20)18(23)30/h5-9,12H,1,10-11H2,2-4H3,(H2,23,30)(H,25,29). The Bertz CT molecular complexity index is 1220. The predicted octanol–water partition coefficient (Wildman–Crippen LogP) is 3.29. The number of nitrogens with zero attached hydrogens (tertiary/aromatic N) is 4. The lowest BCUT2D eigenvalue weighted by Gasteiger charge is -2.10. The highest BCUT2D eigenvalue weighted by Crippen LogP contribution is 2.34. The first-order valence-electron chi connectivity index (χ1n) is 10.2. The molecule has 0 aliphatic rings. The Kier molecular flexibility index (Phi) is 8.18. The van der Waals surface area contributed by atoms with Crippen molar-refractivity contribution in [1.82, 2.24) is 19.7 Å². The first-order valence-corrected chi connectivity index (χ1v) is 12.0. The molecule has 178 valence electrons. The third kappa shape index (κ3) is 5.69. The molecule has 3 rings (SSSR count). The zero-order valence-electron chi connectivity index (χ0n) is 18.9. The van der Waals surface area contributed by atoms with Crippen LogP contribution in [0.4, 0.5) is 5.00 Å². The lowest BCUT2D eigenvalue weighted by Crippen LogP contribution is -2.18. The van der Waals surface area contributed by atoms with Crippen molar-refractivity contribution in [3.05, 3.63) is 53.1 Å². The van der Waals surface area contributed by atoms with Gasteiger partial charge in [-0.05, 0) is 38.5 Å². The summed E-state index contributed by atoms with van der Waals surface area (Å²) in [6.45, 7) is 9.21. The Labute approximate surface area is 204 Å². The largest absolute Gasteiger partial charge is 0.459 e. The summed E-state index contributed by atoms with van der Waals surface area (Å²) >= 11 is 2.11. The number of carbonyl (C=O) groups is 3. The van der Waals surface area contributed by atoms with Crippen molar-refractivity contribution < 1.29 is 19.1 Å². The van der Waals surface area contributed by atoms with Crippen LogP contribution in [0.15, 0.2) is 42.2 Å². The van der Waals surface area contributed by atoms with Crippen molar-refractivity contribution in [2.75, 3.05) is 11.1 Å². The third-order valence-electron chi connectivity index (χ3n) is 4.43. The molecule has 0 fully saturated rings. The molecular weight excluding hydrogens is 476 g/mol. The van der Waals surface area contributed by atoms with E-state index >= 15 is 0 Å². The molecule has 0 radical (unpaired) electrons. The molecule has 0 unspecified atom stereocenters. The molecule has 34 heavy (non-hydrogen) atoms. The van der Waals surface area contributed by atoms with Crippen molar-refractivity contribution in [3.8, 4) is 11.5 Å². The van der Waals surface area contributed by atoms with Gasteiger partial charge in [-0.3, -0.25) is 19.1 Å². The average molecular weight is 501 g/mol. The Balaban J connectivity index is 1.79. The monoisotopic (exact) mass is 500 g/mol. The number of pyridine rings is 1. The molecule has 0 saturated carbocycles. The van der Waals surface area contributed by atoms with E-state index in [2.05, 4.69) is 27.1 Å². The van der Waals surface area contributed by atoms with Gasteiger partial charge in [0.2, 0.25) is 5.91 Å². The number of esters is 1. The average Bonchev–Trinajstić information content (AvgIpc) is 3.33. The normalized spacial score (nSPS) is 10.8. The Hall–Kier alpha value is -3.51. The summed E-state index contributed by atoms with van der Waals surface area (Å²) in [5.41, 5.74) is 6.57. The maximum atomic E-state index is 12.7. The highest BCUT2D eigenvalue weighted by Gasteiger charge is 2.26. The van der Waals surface area contributed by atoms with Gasteiger partial charge in [-0.1, -0.05) is 23.9 Å². The second-order valence-corrected chi connectivity index (χ2v) is 9.30. The molecule has 3 N–H and O–H groups in total. The van der Waals surface area contributed by atoms with Crippen LogP contribution in [0.2, 0.25) is 0 Å². The number of aromatic nitrogens is 4. The molecule has 0 atom stereocenters. The van der Waals surface area contributed by atoms with Crippen LogP contribution in [0.5, 0.6) is 0 Å². The fourth-order valence-electron chi connectivity index (χ4n) is 3.02. The summed E-state index contributed by atoms with van der Waals surface area (Å²) in [5.74, 6) is -1.17. The van der Waals surface area contributed by atoms with Gasteiger partial charge in [0.05, 0.1) is 22.3 Å². The molecule has 0 aromatic carbocycles. The molecule has 3 heterocycles. The van der Waals surface area contributed by atoms with E-state index in [4.69, 9.17) is 10.5 Å². The summed E-state index contributed by atoms with van der Waals surface area (Å²) in [6, 6.07) is 5.47. The van der Waals surface area contributed by atoms with Gasteiger partial charge in [0.15, 0.2) is 11.0 Å². The number of ether oxygens (including phenoxy) is 1. The summed E-state index contributed by atoms with van der Waals surface area (Å²) in [4.78, 5) is 41.6. The smallest absolute Gasteiger partial charge is 0.341 e. The Morgan fingerprint density at radius 3 is 2.71 bits per heavy atom. The lowest BCUT2D eigenvalue weighted by atomic mass is 10.1. The van der Waals surface area contributed by atoms with E-state index < -0.39 is 17.8 Å². The second kappa shape index (κ2) is 11.1. The van der Waals surface area contributed by atoms with Crippen molar-refractivity contribution in [1.29, 1.82) is 0 Å². The molecule has 10 nitrogen and oxygen atoms in total. The van der Waals surface area contributed by atoms with Crippen molar-refractivity contribution in [2.24, 2.45) is 5.73 Å². The number of nitrogens with one attached hydrogen (secondary N) is 1. The SMILES string of the molecule is C=CCn1c(SCC(=O)Nc2sc(C(N)=O)c(C)c2C(=O)OC(C)C)nnc1-c1ccccn1. The van der Waals surface area contributed by atoms with Gasteiger partial charge in [-0.15, -0.1) is 28.1 Å². The predicted molar refractivity (Wildman–Crippen MR) is 131 cm³/mol. The second-order valence-electron chi connectivity index (χ2n) is 7.34. The van der Waals surface area contributed by atoms with E-state index in [9.17, 15) is 14.4 Å².